The number of carbonyl (C=O) groups is 2. The van der Waals surface area contributed by atoms with Crippen molar-refractivity contribution in [2.45, 2.75) is 32.5 Å². The Morgan fingerprint density at radius 2 is 2.06 bits per heavy atom. The lowest BCUT2D eigenvalue weighted by Gasteiger charge is -2.29. The quantitative estimate of drug-likeness (QED) is 0.657. The maximum absolute atomic E-state index is 13.0. The highest BCUT2D eigenvalue weighted by Gasteiger charge is 2.32. The van der Waals surface area contributed by atoms with E-state index < -0.39 is 17.6 Å². The van der Waals surface area contributed by atoms with Gasteiger partial charge in [0.05, 0.1) is 17.9 Å². The maximum atomic E-state index is 13.0. The number of hydrogen-bond acceptors (Lipinski definition) is 3. The number of nitrogens with one attached hydrogen (secondary N) is 2. The van der Waals surface area contributed by atoms with Crippen LogP contribution in [0.25, 0.3) is 5.57 Å². The van der Waals surface area contributed by atoms with Crippen LogP contribution < -0.4 is 20.3 Å². The third-order valence-corrected chi connectivity index (χ3v) is 5.44. The molecule has 0 aliphatic carbocycles. The minimum atomic E-state index is -4.47. The Morgan fingerprint density at radius 3 is 2.81 bits per heavy atom. The largest absolute Gasteiger partial charge is 0.493 e. The number of fused-ring (bicyclic) bond motifs is 2. The fourth-order valence-electron chi connectivity index (χ4n) is 3.88. The molecule has 0 aromatic heterocycles. The van der Waals surface area contributed by atoms with Gasteiger partial charge in [-0.1, -0.05) is 12.1 Å². The van der Waals surface area contributed by atoms with E-state index in [-0.39, 0.29) is 18.4 Å². The lowest BCUT2D eigenvalue weighted by atomic mass is 9.99. The predicted octanol–water partition coefficient (Wildman–Crippen LogP) is 4.95. The van der Waals surface area contributed by atoms with Gasteiger partial charge in [0.1, 0.15) is 5.75 Å². The number of benzene rings is 2. The maximum Gasteiger partial charge on any atom is 0.416 e. The molecule has 168 valence electrons. The molecule has 2 aromatic carbocycles. The smallest absolute Gasteiger partial charge is 0.416 e. The van der Waals surface area contributed by atoms with Crippen LogP contribution in [0.3, 0.4) is 0 Å². The number of carbonyl (C=O) groups excluding carboxylic acids is 2. The van der Waals surface area contributed by atoms with Crippen molar-refractivity contribution in [1.82, 2.24) is 5.32 Å². The summed E-state index contributed by atoms with van der Waals surface area (Å²) in [4.78, 5) is 26.4. The second kappa shape index (κ2) is 8.57. The first-order valence-corrected chi connectivity index (χ1v) is 10.3. The Hall–Kier alpha value is -3.49. The molecule has 2 aliphatic rings. The molecule has 0 saturated heterocycles. The van der Waals surface area contributed by atoms with Crippen LogP contribution in [0.15, 0.2) is 42.5 Å². The molecular formula is C23H22F3N3O3. The van der Waals surface area contributed by atoms with Crippen LogP contribution in [0.2, 0.25) is 0 Å². The number of rotatable bonds is 3. The van der Waals surface area contributed by atoms with Gasteiger partial charge in [0, 0.05) is 30.4 Å². The fraction of sp³-hybridized carbons (Fsp3) is 0.304. The molecule has 4 rings (SSSR count). The summed E-state index contributed by atoms with van der Waals surface area (Å²) < 4.78 is 44.6. The minimum absolute atomic E-state index is 0.120. The zero-order valence-corrected chi connectivity index (χ0v) is 17.4. The molecule has 2 N–H and O–H groups in total. The summed E-state index contributed by atoms with van der Waals surface area (Å²) >= 11 is 0. The van der Waals surface area contributed by atoms with Crippen LogP contribution in [0, 0.1) is 0 Å². The molecule has 0 radical (unpaired) electrons. The highest BCUT2D eigenvalue weighted by atomic mass is 19.4. The molecule has 0 bridgehead atoms. The molecule has 0 saturated carbocycles. The second-order valence-corrected chi connectivity index (χ2v) is 7.57. The summed E-state index contributed by atoms with van der Waals surface area (Å²) in [6.07, 6.45) is -2.00. The van der Waals surface area contributed by atoms with E-state index >= 15 is 0 Å². The van der Waals surface area contributed by atoms with Crippen molar-refractivity contribution in [2.75, 3.05) is 23.4 Å². The van der Waals surface area contributed by atoms with Gasteiger partial charge in [-0.05, 0) is 55.2 Å². The molecule has 6 nitrogen and oxygen atoms in total. The predicted molar refractivity (Wildman–Crippen MR) is 114 cm³/mol. The molecule has 0 atom stereocenters. The van der Waals surface area contributed by atoms with Crippen molar-refractivity contribution in [1.29, 1.82) is 0 Å². The van der Waals surface area contributed by atoms with Gasteiger partial charge in [0.25, 0.3) is 0 Å². The van der Waals surface area contributed by atoms with Crippen molar-refractivity contribution in [2.24, 2.45) is 0 Å². The lowest BCUT2D eigenvalue weighted by Crippen LogP contribution is -2.44. The average molecular weight is 445 g/mol. The number of allylic oxidation sites excluding steroid dienone is 1. The third kappa shape index (κ3) is 4.42. The van der Waals surface area contributed by atoms with Crippen molar-refractivity contribution in [3.05, 3.63) is 59.2 Å². The van der Waals surface area contributed by atoms with Crippen LogP contribution in [0.5, 0.6) is 5.75 Å². The summed E-state index contributed by atoms with van der Waals surface area (Å²) in [5, 5.41) is 5.58. The van der Waals surface area contributed by atoms with Crippen molar-refractivity contribution in [3.63, 3.8) is 0 Å². The normalized spacial score (nSPS) is 17.1. The molecule has 0 spiro atoms. The molecule has 32 heavy (non-hydrogen) atoms. The first kappa shape index (κ1) is 21.7. The molecular weight excluding hydrogens is 423 g/mol. The van der Waals surface area contributed by atoms with E-state index in [1.807, 2.05) is 13.0 Å². The monoisotopic (exact) mass is 445 g/mol. The number of amides is 3. The lowest BCUT2D eigenvalue weighted by molar-refractivity contribution is -0.137. The van der Waals surface area contributed by atoms with E-state index in [1.54, 1.807) is 17.0 Å². The van der Waals surface area contributed by atoms with Crippen LogP contribution in [0.4, 0.5) is 29.3 Å². The summed E-state index contributed by atoms with van der Waals surface area (Å²) in [6, 6.07) is 8.45. The van der Waals surface area contributed by atoms with Crippen molar-refractivity contribution < 1.29 is 27.5 Å². The Balaban J connectivity index is 1.58. The van der Waals surface area contributed by atoms with Gasteiger partial charge in [0.2, 0.25) is 5.91 Å². The van der Waals surface area contributed by atoms with Crippen LogP contribution in [-0.4, -0.2) is 25.1 Å². The molecule has 3 amide bonds. The van der Waals surface area contributed by atoms with Gasteiger partial charge in [-0.15, -0.1) is 0 Å². The Kier molecular flexibility index (Phi) is 5.82. The van der Waals surface area contributed by atoms with Gasteiger partial charge >= 0.3 is 12.2 Å². The molecule has 9 heteroatoms. The standard InChI is InChI=1S/C23H22F3N3O3/c1-2-29-19-12-17(7-5-15(19)13-27-22(29)31)28-21(30)10-14-4-3-9-32-20-11-16(23(24,25)26)6-8-18(14)20/h5-8,10-12H,2-4,9,13H2,1H3,(H,27,31)(H,28,30). The van der Waals surface area contributed by atoms with Gasteiger partial charge < -0.3 is 15.4 Å². The van der Waals surface area contributed by atoms with Crippen molar-refractivity contribution in [3.8, 4) is 5.75 Å². The Bertz CT molecular complexity index is 1100. The first-order chi connectivity index (χ1) is 15.3. The van der Waals surface area contributed by atoms with E-state index in [9.17, 15) is 22.8 Å². The second-order valence-electron chi connectivity index (χ2n) is 7.57. The zero-order chi connectivity index (χ0) is 22.9. The number of halogens is 3. The molecule has 2 aromatic rings. The van der Waals surface area contributed by atoms with E-state index in [1.165, 1.54) is 12.1 Å². The number of anilines is 2. The zero-order valence-electron chi connectivity index (χ0n) is 17.4. The summed E-state index contributed by atoms with van der Waals surface area (Å²) in [6.45, 7) is 3.03. The molecule has 0 fully saturated rings. The molecule has 0 unspecified atom stereocenters. The third-order valence-electron chi connectivity index (χ3n) is 5.44. The van der Waals surface area contributed by atoms with E-state index in [2.05, 4.69) is 10.6 Å². The molecule has 2 aliphatic heterocycles. The number of hydrogen-bond donors (Lipinski definition) is 2. The SMILES string of the molecule is CCN1C(=O)NCc2ccc(NC(=O)C=C3CCCOc4cc(C(F)(F)F)ccc43)cc21. The van der Waals surface area contributed by atoms with Gasteiger partial charge in [-0.2, -0.15) is 13.2 Å². The first-order valence-electron chi connectivity index (χ1n) is 10.3. The number of alkyl halides is 3. The van der Waals surface area contributed by atoms with Crippen LogP contribution in [-0.2, 0) is 17.5 Å². The van der Waals surface area contributed by atoms with Crippen LogP contribution in [0.1, 0.15) is 36.5 Å². The number of urea groups is 1. The minimum Gasteiger partial charge on any atom is -0.493 e. The summed E-state index contributed by atoms with van der Waals surface area (Å²) in [5.74, 6) is -0.286. The fourth-order valence-corrected chi connectivity index (χ4v) is 3.88. The van der Waals surface area contributed by atoms with E-state index in [0.29, 0.717) is 42.8 Å². The topological polar surface area (TPSA) is 70.7 Å². The van der Waals surface area contributed by atoms with E-state index in [4.69, 9.17) is 4.74 Å². The van der Waals surface area contributed by atoms with Crippen LogP contribution >= 0.6 is 0 Å². The highest BCUT2D eigenvalue weighted by Crippen LogP contribution is 2.38. The Labute approximate surface area is 183 Å². The van der Waals surface area contributed by atoms with Gasteiger partial charge in [-0.25, -0.2) is 4.79 Å². The van der Waals surface area contributed by atoms with Gasteiger partial charge in [0.15, 0.2) is 0 Å². The highest BCUT2D eigenvalue weighted by molar-refractivity contribution is 6.05. The summed E-state index contributed by atoms with van der Waals surface area (Å²) in [5.41, 5.74) is 2.49. The summed E-state index contributed by atoms with van der Waals surface area (Å²) in [7, 11) is 0. The number of nitrogens with zero attached hydrogens (tertiary/aromatic N) is 1. The van der Waals surface area contributed by atoms with E-state index in [0.717, 1.165) is 23.4 Å². The van der Waals surface area contributed by atoms with Gasteiger partial charge in [-0.3, -0.25) is 9.69 Å². The van der Waals surface area contributed by atoms with Crippen molar-refractivity contribution >= 4 is 28.9 Å². The number of ether oxygens (including phenoxy) is 1. The average Bonchev–Trinajstić information content (AvgIpc) is 2.94. The Morgan fingerprint density at radius 1 is 1.25 bits per heavy atom. The molecule has 2 heterocycles.